The van der Waals surface area contributed by atoms with Crippen LogP contribution < -0.4 is 10.6 Å². The number of unbranched alkanes of at least 4 members (excludes halogenated alkanes) is 1. The maximum atomic E-state index is 4.29. The summed E-state index contributed by atoms with van der Waals surface area (Å²) in [4.78, 5) is 6.83. The van der Waals surface area contributed by atoms with E-state index in [2.05, 4.69) is 51.0 Å². The summed E-state index contributed by atoms with van der Waals surface area (Å²) in [6, 6.07) is 8.97. The Kier molecular flexibility index (Phi) is 9.06. The highest BCUT2D eigenvalue weighted by Crippen LogP contribution is 2.13. The van der Waals surface area contributed by atoms with Crippen molar-refractivity contribution >= 4 is 17.7 Å². The predicted octanol–water partition coefficient (Wildman–Crippen LogP) is 3.09. The second-order valence-corrected chi connectivity index (χ2v) is 7.34. The Morgan fingerprint density at radius 2 is 1.79 bits per heavy atom. The van der Waals surface area contributed by atoms with E-state index in [1.807, 2.05) is 18.8 Å². The number of aliphatic imine (C=N–C) groups is 1. The zero-order chi connectivity index (χ0) is 17.0. The third-order valence-corrected chi connectivity index (χ3v) is 5.08. The average Bonchev–Trinajstić information content (AvgIpc) is 3.12. The van der Waals surface area contributed by atoms with Crippen LogP contribution in [0.5, 0.6) is 0 Å². The summed E-state index contributed by atoms with van der Waals surface area (Å²) in [6.45, 7) is 5.39. The summed E-state index contributed by atoms with van der Waals surface area (Å²) in [5.74, 6) is 2.12. The molecule has 24 heavy (non-hydrogen) atoms. The van der Waals surface area contributed by atoms with E-state index in [1.165, 1.54) is 55.7 Å². The molecule has 1 fully saturated rings. The molecule has 0 spiro atoms. The van der Waals surface area contributed by atoms with E-state index in [0.717, 1.165) is 25.6 Å². The SMILES string of the molecule is CN=C(NCCCCSC)NCc1ccc(CN2CCCC2)cc1. The number of nitrogens with one attached hydrogen (secondary N) is 2. The number of benzene rings is 1. The highest BCUT2D eigenvalue weighted by Gasteiger charge is 2.11. The van der Waals surface area contributed by atoms with Crippen molar-refractivity contribution in [3.8, 4) is 0 Å². The number of rotatable bonds is 9. The molecule has 0 amide bonds. The van der Waals surface area contributed by atoms with E-state index in [9.17, 15) is 0 Å². The number of guanidine groups is 1. The first-order valence-corrected chi connectivity index (χ1v) is 10.4. The smallest absolute Gasteiger partial charge is 0.191 e. The minimum Gasteiger partial charge on any atom is -0.356 e. The molecular weight excluding hydrogens is 316 g/mol. The molecule has 1 aliphatic heterocycles. The van der Waals surface area contributed by atoms with Crippen LogP contribution in [-0.2, 0) is 13.1 Å². The van der Waals surface area contributed by atoms with Gasteiger partial charge in [0.15, 0.2) is 5.96 Å². The van der Waals surface area contributed by atoms with Crippen LogP contribution in [0.2, 0.25) is 0 Å². The van der Waals surface area contributed by atoms with Gasteiger partial charge in [0.25, 0.3) is 0 Å². The average molecular weight is 349 g/mol. The van der Waals surface area contributed by atoms with Crippen LogP contribution in [-0.4, -0.2) is 49.6 Å². The molecule has 4 nitrogen and oxygen atoms in total. The summed E-state index contributed by atoms with van der Waals surface area (Å²) in [5, 5.41) is 6.77. The first-order chi connectivity index (χ1) is 11.8. The van der Waals surface area contributed by atoms with Gasteiger partial charge in [0, 0.05) is 26.7 Å². The fourth-order valence-corrected chi connectivity index (χ4v) is 3.44. The molecule has 2 N–H and O–H groups in total. The minimum absolute atomic E-state index is 0.814. The lowest BCUT2D eigenvalue weighted by Gasteiger charge is -2.15. The first-order valence-electron chi connectivity index (χ1n) is 9.05. The summed E-state index contributed by atoms with van der Waals surface area (Å²) < 4.78 is 0. The normalized spacial score (nSPS) is 15.7. The third-order valence-electron chi connectivity index (χ3n) is 4.38. The van der Waals surface area contributed by atoms with Crippen LogP contribution in [0.4, 0.5) is 0 Å². The molecule has 0 atom stereocenters. The van der Waals surface area contributed by atoms with Crippen LogP contribution in [0.15, 0.2) is 29.3 Å². The second-order valence-electron chi connectivity index (χ2n) is 6.35. The molecule has 134 valence electrons. The minimum atomic E-state index is 0.814. The van der Waals surface area contributed by atoms with E-state index in [-0.39, 0.29) is 0 Å². The molecule has 0 aromatic heterocycles. The summed E-state index contributed by atoms with van der Waals surface area (Å²) >= 11 is 1.91. The second kappa shape index (κ2) is 11.4. The van der Waals surface area contributed by atoms with Crippen LogP contribution in [0, 0.1) is 0 Å². The van der Waals surface area contributed by atoms with Gasteiger partial charge in [-0.15, -0.1) is 0 Å². The van der Waals surface area contributed by atoms with Crippen molar-refractivity contribution in [1.29, 1.82) is 0 Å². The van der Waals surface area contributed by atoms with Gasteiger partial charge in [-0.1, -0.05) is 24.3 Å². The summed E-state index contributed by atoms with van der Waals surface area (Å²) in [7, 11) is 1.83. The largest absolute Gasteiger partial charge is 0.356 e. The number of nitrogens with zero attached hydrogens (tertiary/aromatic N) is 2. The molecule has 0 bridgehead atoms. The van der Waals surface area contributed by atoms with Gasteiger partial charge in [0.2, 0.25) is 0 Å². The highest BCUT2D eigenvalue weighted by atomic mass is 32.2. The van der Waals surface area contributed by atoms with Gasteiger partial charge < -0.3 is 10.6 Å². The molecule has 1 aliphatic rings. The monoisotopic (exact) mass is 348 g/mol. The molecule has 2 rings (SSSR count). The van der Waals surface area contributed by atoms with Gasteiger partial charge in [-0.05, 0) is 61.9 Å². The van der Waals surface area contributed by atoms with Crippen LogP contribution >= 0.6 is 11.8 Å². The third kappa shape index (κ3) is 7.14. The Morgan fingerprint density at radius 3 is 2.46 bits per heavy atom. The lowest BCUT2D eigenvalue weighted by Crippen LogP contribution is -2.37. The van der Waals surface area contributed by atoms with Crippen molar-refractivity contribution in [2.24, 2.45) is 4.99 Å². The maximum Gasteiger partial charge on any atom is 0.191 e. The van der Waals surface area contributed by atoms with E-state index in [0.29, 0.717) is 0 Å². The lowest BCUT2D eigenvalue weighted by atomic mass is 10.1. The fraction of sp³-hybridized carbons (Fsp3) is 0.632. The van der Waals surface area contributed by atoms with Gasteiger partial charge in [0.1, 0.15) is 0 Å². The van der Waals surface area contributed by atoms with Gasteiger partial charge in [-0.3, -0.25) is 9.89 Å². The van der Waals surface area contributed by atoms with Crippen molar-refractivity contribution in [2.75, 3.05) is 38.7 Å². The van der Waals surface area contributed by atoms with Crippen molar-refractivity contribution in [3.05, 3.63) is 35.4 Å². The number of likely N-dealkylation sites (tertiary alicyclic amines) is 1. The Balaban J connectivity index is 1.68. The Hall–Kier alpha value is -1.20. The molecule has 1 aromatic rings. The van der Waals surface area contributed by atoms with E-state index >= 15 is 0 Å². The molecule has 1 heterocycles. The number of hydrogen-bond donors (Lipinski definition) is 2. The quantitative estimate of drug-likeness (QED) is 0.409. The number of hydrogen-bond acceptors (Lipinski definition) is 3. The Morgan fingerprint density at radius 1 is 1.08 bits per heavy atom. The van der Waals surface area contributed by atoms with Crippen LogP contribution in [0.3, 0.4) is 0 Å². The molecule has 0 aliphatic carbocycles. The topological polar surface area (TPSA) is 39.7 Å². The van der Waals surface area contributed by atoms with E-state index in [1.54, 1.807) is 0 Å². The van der Waals surface area contributed by atoms with Crippen LogP contribution in [0.25, 0.3) is 0 Å². The standard InChI is InChI=1S/C19H32N4S/c1-20-19(21-11-3-6-14-24-2)22-15-17-7-9-18(10-8-17)16-23-12-4-5-13-23/h7-10H,3-6,11-16H2,1-2H3,(H2,20,21,22). The molecule has 1 saturated heterocycles. The van der Waals surface area contributed by atoms with Crippen molar-refractivity contribution in [3.63, 3.8) is 0 Å². The molecule has 0 radical (unpaired) electrons. The summed E-state index contributed by atoms with van der Waals surface area (Å²) in [6.07, 6.45) is 7.30. The molecule has 5 heteroatoms. The van der Waals surface area contributed by atoms with E-state index < -0.39 is 0 Å². The van der Waals surface area contributed by atoms with Crippen molar-refractivity contribution in [2.45, 2.75) is 38.8 Å². The molecule has 1 aromatic carbocycles. The predicted molar refractivity (Wildman–Crippen MR) is 107 cm³/mol. The zero-order valence-electron chi connectivity index (χ0n) is 15.2. The molecular formula is C19H32N4S. The highest BCUT2D eigenvalue weighted by molar-refractivity contribution is 7.98. The van der Waals surface area contributed by atoms with Gasteiger partial charge in [-0.25, -0.2) is 0 Å². The van der Waals surface area contributed by atoms with Gasteiger partial charge in [0.05, 0.1) is 0 Å². The first kappa shape index (κ1) is 19.1. The Bertz CT molecular complexity index is 481. The van der Waals surface area contributed by atoms with Crippen LogP contribution in [0.1, 0.15) is 36.8 Å². The molecule has 0 saturated carbocycles. The lowest BCUT2D eigenvalue weighted by molar-refractivity contribution is 0.331. The number of thioether (sulfide) groups is 1. The Labute approximate surface area is 151 Å². The molecule has 0 unspecified atom stereocenters. The van der Waals surface area contributed by atoms with Crippen molar-refractivity contribution in [1.82, 2.24) is 15.5 Å². The zero-order valence-corrected chi connectivity index (χ0v) is 16.0. The van der Waals surface area contributed by atoms with Gasteiger partial charge in [-0.2, -0.15) is 11.8 Å². The van der Waals surface area contributed by atoms with Crippen molar-refractivity contribution < 1.29 is 0 Å². The maximum absolute atomic E-state index is 4.29. The fourth-order valence-electron chi connectivity index (χ4n) is 2.95. The summed E-state index contributed by atoms with van der Waals surface area (Å²) in [5.41, 5.74) is 2.71. The van der Waals surface area contributed by atoms with Gasteiger partial charge >= 0.3 is 0 Å². The van der Waals surface area contributed by atoms with E-state index in [4.69, 9.17) is 0 Å².